The second-order valence-corrected chi connectivity index (χ2v) is 6.63. The van der Waals surface area contributed by atoms with Crippen LogP contribution in [0.15, 0.2) is 17.1 Å². The molecule has 1 aliphatic heterocycles. The van der Waals surface area contributed by atoms with Crippen LogP contribution in [0.2, 0.25) is 0 Å². The summed E-state index contributed by atoms with van der Waals surface area (Å²) < 4.78 is 6.86. The minimum Gasteiger partial charge on any atom is -0.390 e. The van der Waals surface area contributed by atoms with E-state index in [0.717, 1.165) is 17.5 Å². The van der Waals surface area contributed by atoms with E-state index in [1.165, 1.54) is 0 Å². The fourth-order valence-corrected chi connectivity index (χ4v) is 3.68. The molecule has 3 rings (SSSR count). The Morgan fingerprint density at radius 2 is 2.13 bits per heavy atom. The number of aliphatic hydroxyl groups is 1. The Balaban J connectivity index is 1.72. The first-order chi connectivity index (χ1) is 11.0. The first-order valence-corrected chi connectivity index (χ1v) is 8.17. The molecule has 0 saturated heterocycles. The average molecular weight is 320 g/mol. The molecule has 1 aromatic heterocycles. The summed E-state index contributed by atoms with van der Waals surface area (Å²) in [5.41, 5.74) is 2.09. The average Bonchev–Trinajstić information content (AvgIpc) is 2.55. The lowest BCUT2D eigenvalue weighted by molar-refractivity contribution is -0.141. The number of aliphatic hydroxyl groups excluding tert-OH is 1. The predicted octanol–water partition coefficient (Wildman–Crippen LogP) is 0.446. The van der Waals surface area contributed by atoms with E-state index < -0.39 is 6.10 Å². The molecule has 23 heavy (non-hydrogen) atoms. The van der Waals surface area contributed by atoms with E-state index in [-0.39, 0.29) is 23.5 Å². The van der Waals surface area contributed by atoms with Crippen molar-refractivity contribution in [2.75, 3.05) is 13.7 Å². The number of carbonyl (C=O) groups excluding carboxylic acids is 1. The van der Waals surface area contributed by atoms with Crippen molar-refractivity contribution >= 4 is 5.91 Å². The second kappa shape index (κ2) is 6.45. The number of aryl methyl sites for hydroxylation is 1. The number of ether oxygens (including phenoxy) is 1. The number of carbonyl (C=O) groups is 1. The fraction of sp³-hybridized carbons (Fsp3) is 0.647. The Bertz CT molecular complexity index is 654. The largest absolute Gasteiger partial charge is 0.390 e. The molecule has 126 valence electrons. The van der Waals surface area contributed by atoms with Crippen molar-refractivity contribution in [2.24, 2.45) is 13.0 Å². The Kier molecular flexibility index (Phi) is 4.55. The van der Waals surface area contributed by atoms with E-state index in [9.17, 15) is 14.7 Å². The fourth-order valence-electron chi connectivity index (χ4n) is 3.68. The maximum absolute atomic E-state index is 12.8. The van der Waals surface area contributed by atoms with E-state index in [4.69, 9.17) is 4.74 Å². The third-order valence-electron chi connectivity index (χ3n) is 5.14. The molecule has 1 fully saturated rings. The summed E-state index contributed by atoms with van der Waals surface area (Å²) in [4.78, 5) is 26.4. The molecular weight excluding hydrogens is 296 g/mol. The van der Waals surface area contributed by atoms with Gasteiger partial charge in [-0.1, -0.05) is 0 Å². The SMILES string of the molecule is CO[C@H]1C[C@@H](C(=O)N2CCc3cc(=O)n(C)cc3C2)CC[C@H]1O. The number of nitrogens with zero attached hydrogens (tertiary/aromatic N) is 2. The molecule has 0 unspecified atom stereocenters. The highest BCUT2D eigenvalue weighted by Gasteiger charge is 2.35. The maximum Gasteiger partial charge on any atom is 0.250 e. The first kappa shape index (κ1) is 16.2. The molecular formula is C17H24N2O4. The number of pyridine rings is 1. The van der Waals surface area contributed by atoms with Crippen LogP contribution in [0.25, 0.3) is 0 Å². The molecule has 0 bridgehead atoms. The van der Waals surface area contributed by atoms with Crippen molar-refractivity contribution in [3.63, 3.8) is 0 Å². The molecule has 0 spiro atoms. The number of amides is 1. The molecule has 0 aromatic carbocycles. The first-order valence-electron chi connectivity index (χ1n) is 8.17. The van der Waals surface area contributed by atoms with Crippen LogP contribution in [0, 0.1) is 5.92 Å². The Labute approximate surface area is 135 Å². The zero-order valence-corrected chi connectivity index (χ0v) is 13.7. The molecule has 1 amide bonds. The van der Waals surface area contributed by atoms with Gasteiger partial charge in [0.1, 0.15) is 0 Å². The molecule has 1 aliphatic carbocycles. The van der Waals surface area contributed by atoms with Gasteiger partial charge in [-0.2, -0.15) is 0 Å². The van der Waals surface area contributed by atoms with Gasteiger partial charge in [0.25, 0.3) is 5.56 Å². The van der Waals surface area contributed by atoms with Crippen LogP contribution in [0.4, 0.5) is 0 Å². The van der Waals surface area contributed by atoms with E-state index in [2.05, 4.69) is 0 Å². The van der Waals surface area contributed by atoms with E-state index >= 15 is 0 Å². The van der Waals surface area contributed by atoms with Crippen LogP contribution in [0.1, 0.15) is 30.4 Å². The molecule has 2 aliphatic rings. The lowest BCUT2D eigenvalue weighted by Gasteiger charge is -2.36. The van der Waals surface area contributed by atoms with Crippen LogP contribution in [0.5, 0.6) is 0 Å². The van der Waals surface area contributed by atoms with Gasteiger partial charge in [-0.05, 0) is 36.8 Å². The summed E-state index contributed by atoms with van der Waals surface area (Å²) in [5.74, 6) is 0.0517. The topological polar surface area (TPSA) is 71.8 Å². The van der Waals surface area contributed by atoms with Crippen molar-refractivity contribution in [1.82, 2.24) is 9.47 Å². The molecule has 0 radical (unpaired) electrons. The summed E-state index contributed by atoms with van der Waals surface area (Å²) >= 11 is 0. The monoisotopic (exact) mass is 320 g/mol. The predicted molar refractivity (Wildman–Crippen MR) is 84.9 cm³/mol. The highest BCUT2D eigenvalue weighted by atomic mass is 16.5. The van der Waals surface area contributed by atoms with Crippen molar-refractivity contribution in [3.8, 4) is 0 Å². The van der Waals surface area contributed by atoms with Crippen LogP contribution >= 0.6 is 0 Å². The van der Waals surface area contributed by atoms with Crippen LogP contribution < -0.4 is 5.56 Å². The van der Waals surface area contributed by atoms with Crippen molar-refractivity contribution < 1.29 is 14.6 Å². The molecule has 1 N–H and O–H groups in total. The lowest BCUT2D eigenvalue weighted by Crippen LogP contribution is -2.45. The van der Waals surface area contributed by atoms with Gasteiger partial charge in [0.2, 0.25) is 5.91 Å². The third-order valence-corrected chi connectivity index (χ3v) is 5.14. The van der Waals surface area contributed by atoms with E-state index in [0.29, 0.717) is 32.4 Å². The summed E-state index contributed by atoms with van der Waals surface area (Å²) in [6, 6.07) is 1.68. The van der Waals surface area contributed by atoms with Gasteiger partial charge in [-0.15, -0.1) is 0 Å². The summed E-state index contributed by atoms with van der Waals surface area (Å²) in [7, 11) is 3.31. The highest BCUT2D eigenvalue weighted by molar-refractivity contribution is 5.79. The van der Waals surface area contributed by atoms with Crippen molar-refractivity contribution in [3.05, 3.63) is 33.7 Å². The molecule has 1 aromatic rings. The Morgan fingerprint density at radius 1 is 1.35 bits per heavy atom. The molecule has 3 atom stereocenters. The van der Waals surface area contributed by atoms with Gasteiger partial charge in [0.15, 0.2) is 0 Å². The summed E-state index contributed by atoms with van der Waals surface area (Å²) in [5, 5.41) is 9.88. The van der Waals surface area contributed by atoms with Gasteiger partial charge >= 0.3 is 0 Å². The van der Waals surface area contributed by atoms with Gasteiger partial charge in [-0.25, -0.2) is 0 Å². The smallest absolute Gasteiger partial charge is 0.250 e. The van der Waals surface area contributed by atoms with Crippen molar-refractivity contribution in [2.45, 2.75) is 44.4 Å². The number of fused-ring (bicyclic) bond motifs is 1. The van der Waals surface area contributed by atoms with Crippen LogP contribution in [0.3, 0.4) is 0 Å². The lowest BCUT2D eigenvalue weighted by atomic mass is 9.84. The highest BCUT2D eigenvalue weighted by Crippen LogP contribution is 2.29. The molecule has 6 nitrogen and oxygen atoms in total. The Hall–Kier alpha value is -1.66. The Morgan fingerprint density at radius 3 is 2.87 bits per heavy atom. The number of hydrogen-bond donors (Lipinski definition) is 1. The zero-order chi connectivity index (χ0) is 16.6. The molecule has 2 heterocycles. The van der Waals surface area contributed by atoms with E-state index in [1.807, 2.05) is 11.1 Å². The number of aromatic nitrogens is 1. The second-order valence-electron chi connectivity index (χ2n) is 6.63. The van der Waals surface area contributed by atoms with Crippen molar-refractivity contribution in [1.29, 1.82) is 0 Å². The zero-order valence-electron chi connectivity index (χ0n) is 13.7. The standard InChI is InChI=1S/C17H24N2O4/c1-18-9-13-10-19(6-5-11(13)8-16(18)21)17(22)12-3-4-14(20)15(7-12)23-2/h8-9,12,14-15,20H,3-7,10H2,1-2H3/t12-,14+,15-/m0/s1. The number of rotatable bonds is 2. The summed E-state index contributed by atoms with van der Waals surface area (Å²) in [6.07, 6.45) is 3.72. The van der Waals surface area contributed by atoms with Crippen LogP contribution in [-0.2, 0) is 29.5 Å². The molecule has 6 heteroatoms. The minimum atomic E-state index is -0.472. The van der Waals surface area contributed by atoms with Gasteiger partial charge in [0, 0.05) is 45.4 Å². The number of methoxy groups -OCH3 is 1. The quantitative estimate of drug-likeness (QED) is 0.859. The van der Waals surface area contributed by atoms with E-state index in [1.54, 1.807) is 24.8 Å². The minimum absolute atomic E-state index is 0.00673. The van der Waals surface area contributed by atoms with Crippen LogP contribution in [-0.4, -0.2) is 46.3 Å². The maximum atomic E-state index is 12.8. The summed E-state index contributed by atoms with van der Waals surface area (Å²) in [6.45, 7) is 1.20. The normalized spacial score (nSPS) is 27.6. The third kappa shape index (κ3) is 3.19. The van der Waals surface area contributed by atoms with Gasteiger partial charge < -0.3 is 19.3 Å². The number of hydrogen-bond acceptors (Lipinski definition) is 4. The van der Waals surface area contributed by atoms with Gasteiger partial charge in [-0.3, -0.25) is 9.59 Å². The van der Waals surface area contributed by atoms with Gasteiger partial charge in [0.05, 0.1) is 12.2 Å². The molecule has 1 saturated carbocycles.